The van der Waals surface area contributed by atoms with Gasteiger partial charge in [0.1, 0.15) is 0 Å². The molecule has 1 aliphatic rings. The van der Waals surface area contributed by atoms with E-state index < -0.39 is 0 Å². The van der Waals surface area contributed by atoms with Gasteiger partial charge in [0, 0.05) is 11.6 Å². The fourth-order valence-electron chi connectivity index (χ4n) is 2.98. The van der Waals surface area contributed by atoms with Gasteiger partial charge in [0.2, 0.25) is 0 Å². The van der Waals surface area contributed by atoms with Crippen molar-refractivity contribution in [1.82, 2.24) is 10.2 Å². The lowest BCUT2D eigenvalue weighted by Gasteiger charge is -2.44. The molecule has 0 radical (unpaired) electrons. The van der Waals surface area contributed by atoms with E-state index in [1.807, 2.05) is 7.05 Å². The van der Waals surface area contributed by atoms with Crippen molar-refractivity contribution in [2.24, 2.45) is 0 Å². The third-order valence-corrected chi connectivity index (χ3v) is 3.99. The van der Waals surface area contributed by atoms with E-state index >= 15 is 0 Å². The summed E-state index contributed by atoms with van der Waals surface area (Å²) in [5, 5.41) is 3.41. The largest absolute Gasteiger partial charge is 0.312 e. The van der Waals surface area contributed by atoms with E-state index in [-0.39, 0.29) is 5.54 Å². The highest BCUT2D eigenvalue weighted by atomic mass is 15.2. The second kappa shape index (κ2) is 5.66. The summed E-state index contributed by atoms with van der Waals surface area (Å²) in [6.07, 6.45) is 10.1. The third-order valence-electron chi connectivity index (χ3n) is 3.99. The van der Waals surface area contributed by atoms with Gasteiger partial charge in [-0.1, -0.05) is 31.8 Å². The first kappa shape index (κ1) is 12.7. The molecule has 0 aromatic heterocycles. The summed E-state index contributed by atoms with van der Waals surface area (Å²) in [6, 6.07) is 0.408. The Kier molecular flexibility index (Phi) is 4.81. The van der Waals surface area contributed by atoms with Crippen LogP contribution in [-0.2, 0) is 0 Å². The summed E-state index contributed by atoms with van der Waals surface area (Å²) < 4.78 is 0. The van der Waals surface area contributed by atoms with Gasteiger partial charge in [0.25, 0.3) is 0 Å². The molecule has 0 heterocycles. The lowest BCUT2D eigenvalue weighted by atomic mass is 9.81. The van der Waals surface area contributed by atoms with Gasteiger partial charge in [-0.25, -0.2) is 0 Å². The predicted octanol–water partition coefficient (Wildman–Crippen LogP) is 2.42. The maximum Gasteiger partial charge on any atom is 0.0431 e. The van der Waals surface area contributed by atoms with Crippen molar-refractivity contribution in [3.63, 3.8) is 0 Å². The maximum atomic E-state index is 3.98. The molecule has 0 aromatic carbocycles. The number of hydrogen-bond donors (Lipinski definition) is 1. The van der Waals surface area contributed by atoms with Crippen LogP contribution in [0.4, 0.5) is 0 Å². The van der Waals surface area contributed by atoms with Crippen LogP contribution < -0.4 is 5.32 Å². The Balaban J connectivity index is 2.88. The molecule has 1 atom stereocenters. The minimum atomic E-state index is 0.285. The van der Waals surface area contributed by atoms with Gasteiger partial charge in [-0.3, -0.25) is 0 Å². The Bertz CT molecular complexity index is 191. The lowest BCUT2D eigenvalue weighted by Crippen LogP contribution is -2.57. The van der Waals surface area contributed by atoms with Crippen LogP contribution in [0.1, 0.15) is 38.5 Å². The standard InChI is InChI=1S/C13H26N2/c1-5-12(14-2)13(15(3)4)10-8-6-7-9-11-13/h5,12,14H,1,6-11H2,2-4H3. The Labute approximate surface area is 94.7 Å². The molecule has 88 valence electrons. The van der Waals surface area contributed by atoms with Crippen LogP contribution in [0.5, 0.6) is 0 Å². The molecule has 1 N–H and O–H groups in total. The summed E-state index contributed by atoms with van der Waals surface area (Å²) in [5.41, 5.74) is 0.285. The van der Waals surface area contributed by atoms with Crippen molar-refractivity contribution in [2.45, 2.75) is 50.1 Å². The highest BCUT2D eigenvalue weighted by Gasteiger charge is 2.38. The van der Waals surface area contributed by atoms with Crippen LogP contribution in [0.3, 0.4) is 0 Å². The molecule has 1 rings (SSSR count). The number of likely N-dealkylation sites (N-methyl/N-ethyl adjacent to an activating group) is 2. The molecule has 1 unspecified atom stereocenters. The molecule has 1 aliphatic carbocycles. The Morgan fingerprint density at radius 2 is 1.73 bits per heavy atom. The smallest absolute Gasteiger partial charge is 0.0431 e. The Hall–Kier alpha value is -0.340. The minimum absolute atomic E-state index is 0.285. The van der Waals surface area contributed by atoms with Gasteiger partial charge in [-0.05, 0) is 34.0 Å². The van der Waals surface area contributed by atoms with Gasteiger partial charge in [0.15, 0.2) is 0 Å². The van der Waals surface area contributed by atoms with E-state index in [4.69, 9.17) is 0 Å². The molecular weight excluding hydrogens is 184 g/mol. The number of nitrogens with zero attached hydrogens (tertiary/aromatic N) is 1. The summed E-state index contributed by atoms with van der Waals surface area (Å²) in [4.78, 5) is 2.40. The fourth-order valence-corrected chi connectivity index (χ4v) is 2.98. The average molecular weight is 210 g/mol. The van der Waals surface area contributed by atoms with Crippen LogP contribution in [0.2, 0.25) is 0 Å². The zero-order valence-corrected chi connectivity index (χ0v) is 10.6. The van der Waals surface area contributed by atoms with Crippen molar-refractivity contribution >= 4 is 0 Å². The third kappa shape index (κ3) is 2.61. The maximum absolute atomic E-state index is 3.98. The highest BCUT2D eigenvalue weighted by molar-refractivity contribution is 5.06. The number of nitrogens with one attached hydrogen (secondary N) is 1. The molecule has 1 fully saturated rings. The molecule has 2 nitrogen and oxygen atoms in total. The van der Waals surface area contributed by atoms with Crippen LogP contribution in [0.25, 0.3) is 0 Å². The second-order valence-electron chi connectivity index (χ2n) is 4.91. The van der Waals surface area contributed by atoms with Crippen molar-refractivity contribution in [1.29, 1.82) is 0 Å². The van der Waals surface area contributed by atoms with Crippen molar-refractivity contribution in [2.75, 3.05) is 21.1 Å². The number of hydrogen-bond acceptors (Lipinski definition) is 2. The van der Waals surface area contributed by atoms with Gasteiger partial charge in [0.05, 0.1) is 0 Å². The quantitative estimate of drug-likeness (QED) is 0.566. The first-order valence-electron chi connectivity index (χ1n) is 6.14. The molecule has 0 spiro atoms. The molecule has 0 saturated heterocycles. The Morgan fingerprint density at radius 3 is 2.07 bits per heavy atom. The van der Waals surface area contributed by atoms with E-state index in [0.717, 1.165) is 0 Å². The normalized spacial score (nSPS) is 23.5. The highest BCUT2D eigenvalue weighted by Crippen LogP contribution is 2.34. The van der Waals surface area contributed by atoms with E-state index in [1.54, 1.807) is 0 Å². The minimum Gasteiger partial charge on any atom is -0.312 e. The van der Waals surface area contributed by atoms with Crippen molar-refractivity contribution < 1.29 is 0 Å². The molecule has 0 aliphatic heterocycles. The SMILES string of the molecule is C=CC(NC)C1(N(C)C)CCCCCC1. The van der Waals surface area contributed by atoms with Crippen LogP contribution in [0.15, 0.2) is 12.7 Å². The van der Waals surface area contributed by atoms with E-state index in [1.165, 1.54) is 38.5 Å². The monoisotopic (exact) mass is 210 g/mol. The van der Waals surface area contributed by atoms with Crippen LogP contribution >= 0.6 is 0 Å². The van der Waals surface area contributed by atoms with Gasteiger partial charge < -0.3 is 10.2 Å². The number of rotatable bonds is 4. The van der Waals surface area contributed by atoms with E-state index in [0.29, 0.717) is 6.04 Å². The molecule has 15 heavy (non-hydrogen) atoms. The summed E-state index contributed by atoms with van der Waals surface area (Å²) >= 11 is 0. The molecule has 0 amide bonds. The summed E-state index contributed by atoms with van der Waals surface area (Å²) in [7, 11) is 6.46. The van der Waals surface area contributed by atoms with Crippen molar-refractivity contribution in [3.05, 3.63) is 12.7 Å². The zero-order valence-electron chi connectivity index (χ0n) is 10.6. The van der Waals surface area contributed by atoms with Gasteiger partial charge in [-0.2, -0.15) is 0 Å². The molecule has 0 bridgehead atoms. The fraction of sp³-hybridized carbons (Fsp3) is 0.846. The first-order chi connectivity index (χ1) is 7.17. The molecule has 0 aromatic rings. The Morgan fingerprint density at radius 1 is 1.20 bits per heavy atom. The van der Waals surface area contributed by atoms with E-state index in [9.17, 15) is 0 Å². The van der Waals surface area contributed by atoms with Crippen LogP contribution in [-0.4, -0.2) is 37.6 Å². The lowest BCUT2D eigenvalue weighted by molar-refractivity contribution is 0.102. The van der Waals surface area contributed by atoms with Gasteiger partial charge in [-0.15, -0.1) is 6.58 Å². The predicted molar refractivity (Wildman–Crippen MR) is 67.2 cm³/mol. The van der Waals surface area contributed by atoms with Gasteiger partial charge >= 0.3 is 0 Å². The van der Waals surface area contributed by atoms with E-state index in [2.05, 4.69) is 37.0 Å². The topological polar surface area (TPSA) is 15.3 Å². The van der Waals surface area contributed by atoms with Crippen LogP contribution in [0, 0.1) is 0 Å². The summed E-state index contributed by atoms with van der Waals surface area (Å²) in [5.74, 6) is 0. The summed E-state index contributed by atoms with van der Waals surface area (Å²) in [6.45, 7) is 3.98. The molecule has 1 saturated carbocycles. The zero-order chi connectivity index (χ0) is 11.3. The molecule has 2 heteroatoms. The molecular formula is C13H26N2. The second-order valence-corrected chi connectivity index (χ2v) is 4.91. The first-order valence-corrected chi connectivity index (χ1v) is 6.14. The average Bonchev–Trinajstić information content (AvgIpc) is 2.46. The van der Waals surface area contributed by atoms with Crippen molar-refractivity contribution in [3.8, 4) is 0 Å².